The monoisotopic (exact) mass is 250 g/mol. The predicted molar refractivity (Wildman–Crippen MR) is 75.3 cm³/mol. The molecule has 0 rings (SSSR count). The number of hydrogen-bond acceptors (Lipinski definition) is 3. The lowest BCUT2D eigenvalue weighted by molar-refractivity contribution is -0.124. The van der Waals surface area contributed by atoms with E-state index in [4.69, 9.17) is 14.9 Å². The number of ether oxygens (including phenoxy) is 1. The second-order valence-corrected chi connectivity index (χ2v) is 5.42. The van der Waals surface area contributed by atoms with Gasteiger partial charge < -0.3 is 14.9 Å². The fourth-order valence-corrected chi connectivity index (χ4v) is 0.892. The number of aliphatic hydroxyl groups is 2. The summed E-state index contributed by atoms with van der Waals surface area (Å²) in [5.74, 6) is 0. The van der Waals surface area contributed by atoms with Crippen molar-refractivity contribution in [3.05, 3.63) is 0 Å². The van der Waals surface area contributed by atoms with Gasteiger partial charge in [0, 0.05) is 13.2 Å². The highest BCUT2D eigenvalue weighted by Crippen LogP contribution is 2.24. The van der Waals surface area contributed by atoms with Crippen molar-refractivity contribution in [1.82, 2.24) is 0 Å². The van der Waals surface area contributed by atoms with Gasteiger partial charge in [0.05, 0.1) is 11.2 Å². The summed E-state index contributed by atoms with van der Waals surface area (Å²) in [5.41, 5.74) is 0.0546. The lowest BCUT2D eigenvalue weighted by Crippen LogP contribution is -2.35. The Balaban J connectivity index is -0.000000275. The predicted octanol–water partition coefficient (Wildman–Crippen LogP) is 3.38. The molecule has 2 N–H and O–H groups in total. The van der Waals surface area contributed by atoms with E-state index in [1.165, 1.54) is 0 Å². The zero-order chi connectivity index (χ0) is 14.7. The molecule has 0 aromatic rings. The standard InChI is InChI=1S/C10H22O.C3H8O.CH4O/c1-7-9(3,4)11-10(5,6)8-2;1-3(2)4;1-2/h7-8H2,1-6H3;3-4H,1-2H3;2H,1H3. The van der Waals surface area contributed by atoms with Gasteiger partial charge in [0.25, 0.3) is 0 Å². The molecule has 0 amide bonds. The zero-order valence-corrected chi connectivity index (χ0v) is 13.3. The molecule has 0 bridgehead atoms. The molecule has 0 atom stereocenters. The summed E-state index contributed by atoms with van der Waals surface area (Å²) < 4.78 is 5.92. The van der Waals surface area contributed by atoms with Crippen LogP contribution >= 0.6 is 0 Å². The average Bonchev–Trinajstić information content (AvgIpc) is 2.19. The molecule has 0 spiro atoms. The van der Waals surface area contributed by atoms with E-state index < -0.39 is 0 Å². The molecular weight excluding hydrogens is 216 g/mol. The first-order valence-electron chi connectivity index (χ1n) is 6.39. The lowest BCUT2D eigenvalue weighted by Gasteiger charge is -2.34. The van der Waals surface area contributed by atoms with Crippen LogP contribution in [-0.2, 0) is 4.74 Å². The third kappa shape index (κ3) is 21.7. The van der Waals surface area contributed by atoms with Gasteiger partial charge in [0.2, 0.25) is 0 Å². The van der Waals surface area contributed by atoms with Crippen molar-refractivity contribution in [1.29, 1.82) is 0 Å². The minimum absolute atomic E-state index is 0.0273. The zero-order valence-electron chi connectivity index (χ0n) is 13.3. The van der Waals surface area contributed by atoms with E-state index in [1.807, 2.05) is 0 Å². The van der Waals surface area contributed by atoms with E-state index in [2.05, 4.69) is 41.5 Å². The van der Waals surface area contributed by atoms with Gasteiger partial charge in [-0.15, -0.1) is 0 Å². The lowest BCUT2D eigenvalue weighted by atomic mass is 10.0. The Bertz CT molecular complexity index is 135. The van der Waals surface area contributed by atoms with Crippen LogP contribution in [-0.4, -0.2) is 34.6 Å². The summed E-state index contributed by atoms with van der Waals surface area (Å²) in [5, 5.41) is 15.1. The maximum absolute atomic E-state index is 8.06. The van der Waals surface area contributed by atoms with Gasteiger partial charge in [0.1, 0.15) is 0 Å². The van der Waals surface area contributed by atoms with Crippen molar-refractivity contribution in [3.8, 4) is 0 Å². The first-order valence-corrected chi connectivity index (χ1v) is 6.39. The van der Waals surface area contributed by atoms with Crippen LogP contribution < -0.4 is 0 Å². The highest BCUT2D eigenvalue weighted by Gasteiger charge is 2.25. The van der Waals surface area contributed by atoms with Gasteiger partial charge in [0.15, 0.2) is 0 Å². The third-order valence-electron chi connectivity index (χ3n) is 2.26. The first-order chi connectivity index (χ1) is 7.56. The van der Waals surface area contributed by atoms with Crippen LogP contribution in [0.15, 0.2) is 0 Å². The number of rotatable bonds is 4. The normalized spacial score (nSPS) is 11.3. The molecule has 0 radical (unpaired) electrons. The molecule has 0 unspecified atom stereocenters. The minimum atomic E-state index is -0.167. The van der Waals surface area contributed by atoms with Crippen LogP contribution in [0.25, 0.3) is 0 Å². The molecule has 3 nitrogen and oxygen atoms in total. The van der Waals surface area contributed by atoms with E-state index in [9.17, 15) is 0 Å². The molecule has 3 heteroatoms. The highest BCUT2D eigenvalue weighted by molar-refractivity contribution is 4.74. The molecule has 0 aliphatic heterocycles. The van der Waals surface area contributed by atoms with Gasteiger partial charge in [-0.2, -0.15) is 0 Å². The van der Waals surface area contributed by atoms with Crippen molar-refractivity contribution in [2.75, 3.05) is 7.11 Å². The molecular formula is C14H34O3. The Hall–Kier alpha value is -0.120. The van der Waals surface area contributed by atoms with Crippen molar-refractivity contribution >= 4 is 0 Å². The summed E-state index contributed by atoms with van der Waals surface area (Å²) >= 11 is 0. The largest absolute Gasteiger partial charge is 0.400 e. The molecule has 17 heavy (non-hydrogen) atoms. The fourth-order valence-electron chi connectivity index (χ4n) is 0.892. The summed E-state index contributed by atoms with van der Waals surface area (Å²) in [6.07, 6.45) is 1.97. The summed E-state index contributed by atoms with van der Waals surface area (Å²) in [6, 6.07) is 0. The van der Waals surface area contributed by atoms with Crippen LogP contribution in [0.4, 0.5) is 0 Å². The number of aliphatic hydroxyl groups excluding tert-OH is 2. The Morgan fingerprint density at radius 2 is 1.06 bits per heavy atom. The van der Waals surface area contributed by atoms with Crippen molar-refractivity contribution in [3.63, 3.8) is 0 Å². The van der Waals surface area contributed by atoms with Crippen LogP contribution in [0.5, 0.6) is 0 Å². The van der Waals surface area contributed by atoms with Gasteiger partial charge in [-0.3, -0.25) is 0 Å². The van der Waals surface area contributed by atoms with E-state index in [0.29, 0.717) is 0 Å². The van der Waals surface area contributed by atoms with Crippen molar-refractivity contribution in [2.45, 2.75) is 85.5 Å². The number of hydrogen-bond donors (Lipinski definition) is 2. The molecule has 0 aliphatic rings. The molecule has 0 aliphatic carbocycles. The van der Waals surface area contributed by atoms with Gasteiger partial charge >= 0.3 is 0 Å². The van der Waals surface area contributed by atoms with Crippen LogP contribution in [0, 0.1) is 0 Å². The quantitative estimate of drug-likeness (QED) is 0.804. The fraction of sp³-hybridized carbons (Fsp3) is 1.00. The second-order valence-electron chi connectivity index (χ2n) is 5.42. The highest BCUT2D eigenvalue weighted by atomic mass is 16.5. The van der Waals surface area contributed by atoms with Crippen molar-refractivity contribution in [2.24, 2.45) is 0 Å². The summed E-state index contributed by atoms with van der Waals surface area (Å²) in [6.45, 7) is 16.3. The molecule has 0 saturated carbocycles. The Labute approximate surface area is 108 Å². The van der Waals surface area contributed by atoms with Gasteiger partial charge in [-0.1, -0.05) is 13.8 Å². The minimum Gasteiger partial charge on any atom is -0.400 e. The third-order valence-corrected chi connectivity index (χ3v) is 2.26. The maximum Gasteiger partial charge on any atom is 0.0631 e. The molecule has 0 aromatic carbocycles. The first kappa shape index (κ1) is 22.1. The maximum atomic E-state index is 8.06. The summed E-state index contributed by atoms with van der Waals surface area (Å²) in [7, 11) is 1.00. The van der Waals surface area contributed by atoms with E-state index in [0.717, 1.165) is 20.0 Å². The topological polar surface area (TPSA) is 49.7 Å². The Morgan fingerprint density at radius 1 is 0.882 bits per heavy atom. The average molecular weight is 250 g/mol. The van der Waals surface area contributed by atoms with Gasteiger partial charge in [-0.05, 0) is 54.4 Å². The molecule has 0 heterocycles. The molecule has 0 aromatic heterocycles. The van der Waals surface area contributed by atoms with E-state index in [-0.39, 0.29) is 17.3 Å². The molecule has 0 fully saturated rings. The molecule has 0 saturated heterocycles. The van der Waals surface area contributed by atoms with Crippen LogP contribution in [0.1, 0.15) is 68.2 Å². The Morgan fingerprint density at radius 3 is 1.18 bits per heavy atom. The molecule has 108 valence electrons. The smallest absolute Gasteiger partial charge is 0.0631 e. The van der Waals surface area contributed by atoms with Gasteiger partial charge in [-0.25, -0.2) is 0 Å². The Kier molecular flexibility index (Phi) is 14.3. The van der Waals surface area contributed by atoms with Crippen molar-refractivity contribution < 1.29 is 14.9 Å². The SMILES string of the molecule is CC(C)O.CCC(C)(C)OC(C)(C)CC.CO. The summed E-state index contributed by atoms with van der Waals surface area (Å²) in [4.78, 5) is 0. The van der Waals surface area contributed by atoms with E-state index in [1.54, 1.807) is 13.8 Å². The van der Waals surface area contributed by atoms with Crippen LogP contribution in [0.3, 0.4) is 0 Å². The van der Waals surface area contributed by atoms with Crippen LogP contribution in [0.2, 0.25) is 0 Å². The van der Waals surface area contributed by atoms with E-state index >= 15 is 0 Å². The second kappa shape index (κ2) is 11.0.